The number of carbonyl (C=O) groups excluding carboxylic acids is 2. The van der Waals surface area contributed by atoms with Crippen LogP contribution in [0.4, 0.5) is 14.9 Å². The van der Waals surface area contributed by atoms with Crippen LogP contribution in [0.15, 0.2) is 47.6 Å². The predicted octanol–water partition coefficient (Wildman–Crippen LogP) is 3.40. The maximum Gasteiger partial charge on any atom is 0.319 e. The molecule has 9 heteroatoms. The molecule has 2 aromatic carbocycles. The number of hydrogen-bond donors (Lipinski definition) is 3. The van der Waals surface area contributed by atoms with Gasteiger partial charge in [-0.05, 0) is 35.9 Å². The van der Waals surface area contributed by atoms with E-state index in [2.05, 4.69) is 21.2 Å². The van der Waals surface area contributed by atoms with E-state index in [1.807, 2.05) is 0 Å². The molecule has 0 aromatic heterocycles. The predicted molar refractivity (Wildman–Crippen MR) is 95.6 cm³/mol. The summed E-state index contributed by atoms with van der Waals surface area (Å²) >= 11 is 11.6. The Hall–Kier alpha value is -2.64. The second kappa shape index (κ2) is 9.00. The highest BCUT2D eigenvalue weighted by atomic mass is 35.5. The van der Waals surface area contributed by atoms with E-state index in [1.54, 1.807) is 12.1 Å². The van der Waals surface area contributed by atoms with Gasteiger partial charge in [-0.15, -0.1) is 0 Å². The highest BCUT2D eigenvalue weighted by molar-refractivity contribution is 6.42. The number of nitrogens with zero attached hydrogens (tertiary/aromatic N) is 1. The van der Waals surface area contributed by atoms with Gasteiger partial charge < -0.3 is 10.6 Å². The molecule has 6 nitrogen and oxygen atoms in total. The molecule has 130 valence electrons. The van der Waals surface area contributed by atoms with Crippen LogP contribution in [0.25, 0.3) is 0 Å². The van der Waals surface area contributed by atoms with E-state index in [4.69, 9.17) is 23.2 Å². The van der Waals surface area contributed by atoms with Gasteiger partial charge in [0.15, 0.2) is 0 Å². The SMILES string of the molecule is O=C(CNC(=O)Nc1ccc(Cl)c(Cl)c1)N/N=C\c1cccc(F)c1. The van der Waals surface area contributed by atoms with E-state index in [-0.39, 0.29) is 6.54 Å². The first-order valence-corrected chi connectivity index (χ1v) is 7.77. The molecular formula is C16H13Cl2FN4O2. The molecule has 2 rings (SSSR count). The summed E-state index contributed by atoms with van der Waals surface area (Å²) in [5, 5.41) is 9.18. The first-order valence-electron chi connectivity index (χ1n) is 7.01. The zero-order valence-electron chi connectivity index (χ0n) is 12.7. The second-order valence-corrected chi connectivity index (χ2v) is 5.60. The fourth-order valence-corrected chi connectivity index (χ4v) is 2.01. The molecule has 0 saturated carbocycles. The van der Waals surface area contributed by atoms with Gasteiger partial charge in [-0.25, -0.2) is 14.6 Å². The average molecular weight is 383 g/mol. The van der Waals surface area contributed by atoms with Gasteiger partial charge in [0.1, 0.15) is 12.4 Å². The third-order valence-electron chi connectivity index (χ3n) is 2.84. The Labute approximate surface area is 153 Å². The average Bonchev–Trinajstić information content (AvgIpc) is 2.56. The molecule has 25 heavy (non-hydrogen) atoms. The highest BCUT2D eigenvalue weighted by Gasteiger charge is 2.06. The molecule has 0 saturated heterocycles. The van der Waals surface area contributed by atoms with Crippen molar-refractivity contribution in [2.75, 3.05) is 11.9 Å². The molecule has 3 N–H and O–H groups in total. The lowest BCUT2D eigenvalue weighted by Crippen LogP contribution is -2.37. The van der Waals surface area contributed by atoms with E-state index in [9.17, 15) is 14.0 Å². The van der Waals surface area contributed by atoms with Crippen molar-refractivity contribution in [3.05, 3.63) is 63.9 Å². The smallest absolute Gasteiger partial charge is 0.319 e. The Morgan fingerprint density at radius 1 is 1.12 bits per heavy atom. The molecule has 0 aliphatic carbocycles. The summed E-state index contributed by atoms with van der Waals surface area (Å²) in [6.07, 6.45) is 1.29. The summed E-state index contributed by atoms with van der Waals surface area (Å²) in [4.78, 5) is 23.3. The number of nitrogens with one attached hydrogen (secondary N) is 3. The van der Waals surface area contributed by atoms with Crippen LogP contribution in [0.5, 0.6) is 0 Å². The second-order valence-electron chi connectivity index (χ2n) is 4.78. The van der Waals surface area contributed by atoms with E-state index in [0.717, 1.165) is 0 Å². The van der Waals surface area contributed by atoms with Crippen molar-refractivity contribution in [3.63, 3.8) is 0 Å². The Morgan fingerprint density at radius 2 is 1.92 bits per heavy atom. The topological polar surface area (TPSA) is 82.6 Å². The maximum absolute atomic E-state index is 13.0. The number of anilines is 1. The molecule has 0 atom stereocenters. The number of hydrogen-bond acceptors (Lipinski definition) is 3. The van der Waals surface area contributed by atoms with Crippen LogP contribution in [-0.2, 0) is 4.79 Å². The minimum absolute atomic E-state index is 0.295. The number of halogens is 3. The van der Waals surface area contributed by atoms with Crippen molar-refractivity contribution in [2.24, 2.45) is 5.10 Å². The lowest BCUT2D eigenvalue weighted by molar-refractivity contribution is -0.120. The number of rotatable bonds is 5. The van der Waals surface area contributed by atoms with E-state index < -0.39 is 17.8 Å². The zero-order valence-corrected chi connectivity index (χ0v) is 14.2. The van der Waals surface area contributed by atoms with Crippen molar-refractivity contribution < 1.29 is 14.0 Å². The van der Waals surface area contributed by atoms with Crippen LogP contribution in [-0.4, -0.2) is 24.7 Å². The monoisotopic (exact) mass is 382 g/mol. The van der Waals surface area contributed by atoms with Crippen LogP contribution in [0.3, 0.4) is 0 Å². The fraction of sp³-hybridized carbons (Fsp3) is 0.0625. The minimum Gasteiger partial charge on any atom is -0.329 e. The summed E-state index contributed by atoms with van der Waals surface area (Å²) in [6.45, 7) is -0.298. The summed E-state index contributed by atoms with van der Waals surface area (Å²) in [5.41, 5.74) is 3.13. The van der Waals surface area contributed by atoms with Gasteiger partial charge in [-0.1, -0.05) is 35.3 Å². The van der Waals surface area contributed by atoms with Crippen LogP contribution in [0.2, 0.25) is 10.0 Å². The first kappa shape index (κ1) is 18.7. The molecule has 2 aromatic rings. The summed E-state index contributed by atoms with van der Waals surface area (Å²) in [6, 6.07) is 9.69. The standard InChI is InChI=1S/C16H13Cl2FN4O2/c17-13-5-4-12(7-14(13)18)22-16(25)20-9-15(24)23-21-8-10-2-1-3-11(19)6-10/h1-8H,9H2,(H,23,24)(H2,20,22,25)/b21-8-. The Balaban J connectivity index is 1.75. The quantitative estimate of drug-likeness (QED) is 0.546. The number of carbonyl (C=O) groups is 2. The molecular weight excluding hydrogens is 370 g/mol. The lowest BCUT2D eigenvalue weighted by Gasteiger charge is -2.07. The van der Waals surface area contributed by atoms with Gasteiger partial charge in [0.2, 0.25) is 0 Å². The number of amides is 3. The molecule has 0 fully saturated rings. The van der Waals surface area contributed by atoms with Gasteiger partial charge >= 0.3 is 6.03 Å². The molecule has 0 bridgehead atoms. The van der Waals surface area contributed by atoms with E-state index in [0.29, 0.717) is 21.3 Å². The van der Waals surface area contributed by atoms with Crippen molar-refractivity contribution in [1.29, 1.82) is 0 Å². The lowest BCUT2D eigenvalue weighted by atomic mass is 10.2. The Bertz CT molecular complexity index is 814. The third kappa shape index (κ3) is 6.40. The van der Waals surface area contributed by atoms with Crippen LogP contribution in [0, 0.1) is 5.82 Å². The van der Waals surface area contributed by atoms with Crippen molar-refractivity contribution >= 4 is 47.0 Å². The number of urea groups is 1. The number of hydrazone groups is 1. The molecule has 0 spiro atoms. The largest absolute Gasteiger partial charge is 0.329 e. The van der Waals surface area contributed by atoms with Crippen molar-refractivity contribution in [2.45, 2.75) is 0 Å². The maximum atomic E-state index is 13.0. The van der Waals surface area contributed by atoms with Gasteiger partial charge in [0, 0.05) is 5.69 Å². The Morgan fingerprint density at radius 3 is 2.64 bits per heavy atom. The van der Waals surface area contributed by atoms with E-state index >= 15 is 0 Å². The normalized spacial score (nSPS) is 10.5. The van der Waals surface area contributed by atoms with Gasteiger partial charge in [-0.3, -0.25) is 4.79 Å². The highest BCUT2D eigenvalue weighted by Crippen LogP contribution is 2.24. The molecule has 0 aliphatic rings. The van der Waals surface area contributed by atoms with Crippen LogP contribution < -0.4 is 16.1 Å². The van der Waals surface area contributed by atoms with Crippen molar-refractivity contribution in [1.82, 2.24) is 10.7 Å². The first-order chi connectivity index (χ1) is 11.9. The summed E-state index contributed by atoms with van der Waals surface area (Å²) in [7, 11) is 0. The summed E-state index contributed by atoms with van der Waals surface area (Å²) in [5.74, 6) is -0.951. The fourth-order valence-electron chi connectivity index (χ4n) is 1.71. The molecule has 0 aliphatic heterocycles. The summed E-state index contributed by atoms with van der Waals surface area (Å²) < 4.78 is 13.0. The number of benzene rings is 2. The van der Waals surface area contributed by atoms with Gasteiger partial charge in [0.05, 0.1) is 16.3 Å². The molecule has 0 radical (unpaired) electrons. The minimum atomic E-state index is -0.595. The molecule has 0 heterocycles. The van der Waals surface area contributed by atoms with Gasteiger partial charge in [-0.2, -0.15) is 5.10 Å². The zero-order chi connectivity index (χ0) is 18.2. The molecule has 3 amide bonds. The van der Waals surface area contributed by atoms with Crippen LogP contribution in [0.1, 0.15) is 5.56 Å². The van der Waals surface area contributed by atoms with Crippen LogP contribution >= 0.6 is 23.2 Å². The van der Waals surface area contributed by atoms with Crippen molar-refractivity contribution in [3.8, 4) is 0 Å². The van der Waals surface area contributed by atoms with E-state index in [1.165, 1.54) is 36.5 Å². The third-order valence-corrected chi connectivity index (χ3v) is 3.58. The van der Waals surface area contributed by atoms with Gasteiger partial charge in [0.25, 0.3) is 5.91 Å². The molecule has 0 unspecified atom stereocenters. The Kier molecular flexibility index (Phi) is 6.73.